The van der Waals surface area contributed by atoms with Crippen LogP contribution in [0.15, 0.2) is 53.4 Å². The Hall–Kier alpha value is -2.38. The van der Waals surface area contributed by atoms with Gasteiger partial charge in [-0.25, -0.2) is 17.9 Å². The van der Waals surface area contributed by atoms with Gasteiger partial charge in [0.25, 0.3) is 0 Å². The van der Waals surface area contributed by atoms with Gasteiger partial charge in [-0.3, -0.25) is 0 Å². The van der Waals surface area contributed by atoms with Crippen molar-refractivity contribution < 1.29 is 13.2 Å². The fourth-order valence-corrected chi connectivity index (χ4v) is 3.60. The summed E-state index contributed by atoms with van der Waals surface area (Å²) in [7, 11) is -2.22. The van der Waals surface area contributed by atoms with Gasteiger partial charge in [0.1, 0.15) is 0 Å². The van der Waals surface area contributed by atoms with Crippen LogP contribution in [0.4, 0.5) is 10.5 Å². The summed E-state index contributed by atoms with van der Waals surface area (Å²) in [6, 6.07) is 14.4. The predicted molar refractivity (Wildman–Crippen MR) is 104 cm³/mol. The third-order valence-electron chi connectivity index (χ3n) is 3.99. The lowest BCUT2D eigenvalue weighted by molar-refractivity contribution is 0.209. The molecule has 2 amide bonds. The number of sulfonamides is 1. The molecular formula is C19H25N3O3S. The Kier molecular flexibility index (Phi) is 6.76. The number of nitrogens with one attached hydrogen (secondary N) is 2. The maximum absolute atomic E-state index is 12.7. The van der Waals surface area contributed by atoms with E-state index in [1.54, 1.807) is 24.0 Å². The molecule has 0 bridgehead atoms. The quantitative estimate of drug-likeness (QED) is 0.779. The van der Waals surface area contributed by atoms with Crippen LogP contribution in [-0.4, -0.2) is 32.9 Å². The van der Waals surface area contributed by atoms with Gasteiger partial charge in [0, 0.05) is 18.8 Å². The van der Waals surface area contributed by atoms with Crippen LogP contribution in [0.2, 0.25) is 0 Å². The normalized spacial score (nSPS) is 11.2. The van der Waals surface area contributed by atoms with Crippen LogP contribution in [0.25, 0.3) is 0 Å². The van der Waals surface area contributed by atoms with Crippen LogP contribution in [0, 0.1) is 6.92 Å². The highest BCUT2D eigenvalue weighted by atomic mass is 32.2. The molecule has 0 aliphatic carbocycles. The lowest BCUT2D eigenvalue weighted by Gasteiger charge is -2.23. The number of amides is 2. The van der Waals surface area contributed by atoms with E-state index in [4.69, 9.17) is 0 Å². The second kappa shape index (κ2) is 8.82. The van der Waals surface area contributed by atoms with Crippen LogP contribution in [-0.2, 0) is 16.6 Å². The predicted octanol–water partition coefficient (Wildman–Crippen LogP) is 3.35. The lowest BCUT2D eigenvalue weighted by atomic mass is 10.2. The van der Waals surface area contributed by atoms with E-state index in [2.05, 4.69) is 10.0 Å². The number of aryl methyl sites for hydroxylation is 1. The van der Waals surface area contributed by atoms with Gasteiger partial charge in [-0.2, -0.15) is 0 Å². The molecule has 0 unspecified atom stereocenters. The van der Waals surface area contributed by atoms with Crippen LogP contribution < -0.4 is 10.0 Å². The van der Waals surface area contributed by atoms with E-state index in [9.17, 15) is 13.2 Å². The minimum Gasteiger partial charge on any atom is -0.320 e. The Morgan fingerprint density at radius 1 is 1.12 bits per heavy atom. The minimum absolute atomic E-state index is 0.155. The number of carbonyl (C=O) groups is 1. The lowest BCUT2D eigenvalue weighted by Crippen LogP contribution is -2.35. The first-order chi connectivity index (χ1) is 12.4. The number of urea groups is 1. The molecule has 0 spiro atoms. The second-order valence-electron chi connectivity index (χ2n) is 6.03. The largest absolute Gasteiger partial charge is 0.322 e. The maximum Gasteiger partial charge on any atom is 0.322 e. The Bertz CT molecular complexity index is 852. The van der Waals surface area contributed by atoms with E-state index in [0.717, 1.165) is 12.0 Å². The van der Waals surface area contributed by atoms with Gasteiger partial charge in [0.2, 0.25) is 10.0 Å². The zero-order valence-electron chi connectivity index (χ0n) is 15.3. The van der Waals surface area contributed by atoms with E-state index < -0.39 is 10.0 Å². The molecule has 0 aliphatic rings. The van der Waals surface area contributed by atoms with Gasteiger partial charge in [0.05, 0.1) is 4.90 Å². The summed E-state index contributed by atoms with van der Waals surface area (Å²) in [5, 5.41) is 2.81. The van der Waals surface area contributed by atoms with E-state index in [-0.39, 0.29) is 10.9 Å². The molecule has 6 nitrogen and oxygen atoms in total. The SMILES string of the molecule is CCCN(Cc1ccccc1)C(=O)Nc1ccc(C)c(S(=O)(=O)NC)c1. The molecule has 2 rings (SSSR count). The minimum atomic E-state index is -3.58. The Labute approximate surface area is 155 Å². The summed E-state index contributed by atoms with van der Waals surface area (Å²) in [6.07, 6.45) is 0.827. The van der Waals surface area contributed by atoms with Crippen molar-refractivity contribution in [3.8, 4) is 0 Å². The van der Waals surface area contributed by atoms with Crippen LogP contribution in [0.5, 0.6) is 0 Å². The van der Waals surface area contributed by atoms with Crippen molar-refractivity contribution in [3.05, 3.63) is 59.7 Å². The summed E-state index contributed by atoms with van der Waals surface area (Å²) in [5.74, 6) is 0. The smallest absolute Gasteiger partial charge is 0.320 e. The molecule has 0 saturated heterocycles. The van der Waals surface area contributed by atoms with E-state index in [1.165, 1.54) is 13.1 Å². The number of hydrogen-bond acceptors (Lipinski definition) is 3. The average Bonchev–Trinajstić information content (AvgIpc) is 2.63. The third-order valence-corrected chi connectivity index (χ3v) is 5.55. The third kappa shape index (κ3) is 5.06. The number of hydrogen-bond donors (Lipinski definition) is 2. The van der Waals surface area contributed by atoms with Crippen LogP contribution in [0.1, 0.15) is 24.5 Å². The van der Waals surface area contributed by atoms with Crippen molar-refractivity contribution >= 4 is 21.7 Å². The number of anilines is 1. The van der Waals surface area contributed by atoms with Gasteiger partial charge in [-0.15, -0.1) is 0 Å². The van der Waals surface area contributed by atoms with E-state index in [1.807, 2.05) is 37.3 Å². The van der Waals surface area contributed by atoms with E-state index in [0.29, 0.717) is 24.3 Å². The van der Waals surface area contributed by atoms with Crippen molar-refractivity contribution in [2.45, 2.75) is 31.7 Å². The molecule has 0 heterocycles. The number of carbonyl (C=O) groups excluding carboxylic acids is 1. The van der Waals surface area contributed by atoms with Gasteiger partial charge in [-0.1, -0.05) is 43.3 Å². The maximum atomic E-state index is 12.7. The first-order valence-electron chi connectivity index (χ1n) is 8.51. The van der Waals surface area contributed by atoms with Gasteiger partial charge < -0.3 is 10.2 Å². The zero-order valence-corrected chi connectivity index (χ0v) is 16.1. The van der Waals surface area contributed by atoms with Gasteiger partial charge >= 0.3 is 6.03 Å². The van der Waals surface area contributed by atoms with Crippen molar-refractivity contribution in [1.29, 1.82) is 0 Å². The van der Waals surface area contributed by atoms with Gasteiger partial charge in [0.15, 0.2) is 0 Å². The molecule has 2 aromatic carbocycles. The molecule has 0 fully saturated rings. The van der Waals surface area contributed by atoms with Gasteiger partial charge in [-0.05, 0) is 43.7 Å². The molecule has 2 aromatic rings. The highest BCUT2D eigenvalue weighted by Gasteiger charge is 2.17. The average molecular weight is 375 g/mol. The number of nitrogens with zero attached hydrogens (tertiary/aromatic N) is 1. The molecule has 0 saturated carbocycles. The first-order valence-corrected chi connectivity index (χ1v) is 9.99. The fourth-order valence-electron chi connectivity index (χ4n) is 2.61. The molecule has 0 atom stereocenters. The monoisotopic (exact) mass is 375 g/mol. The summed E-state index contributed by atoms with van der Waals surface area (Å²) in [5.41, 5.74) is 2.11. The van der Waals surface area contributed by atoms with E-state index >= 15 is 0 Å². The van der Waals surface area contributed by atoms with Crippen molar-refractivity contribution in [1.82, 2.24) is 9.62 Å². The van der Waals surface area contributed by atoms with Crippen molar-refractivity contribution in [3.63, 3.8) is 0 Å². The first kappa shape index (κ1) is 19.9. The number of rotatable bonds is 7. The molecule has 0 aromatic heterocycles. The highest BCUT2D eigenvalue weighted by Crippen LogP contribution is 2.20. The summed E-state index contributed by atoms with van der Waals surface area (Å²) < 4.78 is 26.5. The molecule has 2 N–H and O–H groups in total. The molecular weight excluding hydrogens is 350 g/mol. The Balaban J connectivity index is 2.20. The number of benzene rings is 2. The Morgan fingerprint density at radius 2 is 1.81 bits per heavy atom. The molecule has 7 heteroatoms. The van der Waals surface area contributed by atoms with Crippen LogP contribution in [0.3, 0.4) is 0 Å². The molecule has 0 radical (unpaired) electrons. The molecule has 26 heavy (non-hydrogen) atoms. The zero-order chi connectivity index (χ0) is 19.2. The van der Waals surface area contributed by atoms with Crippen LogP contribution >= 0.6 is 0 Å². The summed E-state index contributed by atoms with van der Waals surface area (Å²) >= 11 is 0. The standard InChI is InChI=1S/C19H25N3O3S/c1-4-12-22(14-16-8-6-5-7-9-16)19(23)21-17-11-10-15(2)18(13-17)26(24,25)20-3/h5-11,13,20H,4,12,14H2,1-3H3,(H,21,23). The second-order valence-corrected chi connectivity index (χ2v) is 7.88. The highest BCUT2D eigenvalue weighted by molar-refractivity contribution is 7.89. The fraction of sp³-hybridized carbons (Fsp3) is 0.316. The molecule has 140 valence electrons. The summed E-state index contributed by atoms with van der Waals surface area (Å²) in [4.78, 5) is 14.5. The summed E-state index contributed by atoms with van der Waals surface area (Å²) in [6.45, 7) is 4.83. The Morgan fingerprint density at radius 3 is 2.42 bits per heavy atom. The van der Waals surface area contributed by atoms with Crippen molar-refractivity contribution in [2.24, 2.45) is 0 Å². The van der Waals surface area contributed by atoms with Crippen molar-refractivity contribution in [2.75, 3.05) is 18.9 Å². The molecule has 0 aliphatic heterocycles. The topological polar surface area (TPSA) is 78.5 Å².